The van der Waals surface area contributed by atoms with Gasteiger partial charge in [0.15, 0.2) is 0 Å². The summed E-state index contributed by atoms with van der Waals surface area (Å²) in [4.78, 5) is 11.6. The monoisotopic (exact) mass is 255 g/mol. The molecule has 0 saturated heterocycles. The molecule has 0 atom stereocenters. The molecule has 0 fully saturated rings. The number of carbonyl (C=O) groups is 1. The van der Waals surface area contributed by atoms with E-state index in [1.165, 1.54) is 0 Å². The van der Waals surface area contributed by atoms with Crippen LogP contribution in [0.25, 0.3) is 0 Å². The van der Waals surface area contributed by atoms with Crippen LogP contribution >= 0.6 is 11.6 Å². The fourth-order valence-electron chi connectivity index (χ4n) is 1.55. The molecule has 0 aromatic heterocycles. The SMILES string of the molecule is CC(C)(NC(=O)NCCN)c1ccccc1Cl. The fourth-order valence-corrected chi connectivity index (χ4v) is 1.92. The Balaban J connectivity index is 2.75. The van der Waals surface area contributed by atoms with Crippen molar-refractivity contribution in [3.63, 3.8) is 0 Å². The molecule has 0 aliphatic carbocycles. The lowest BCUT2D eigenvalue weighted by Crippen LogP contribution is -2.47. The molecule has 0 heterocycles. The van der Waals surface area contributed by atoms with E-state index in [2.05, 4.69) is 10.6 Å². The number of carbonyl (C=O) groups excluding carboxylic acids is 1. The molecular weight excluding hydrogens is 238 g/mol. The smallest absolute Gasteiger partial charge is 0.315 e. The third kappa shape index (κ3) is 3.91. The normalized spacial score (nSPS) is 11.1. The van der Waals surface area contributed by atoms with Gasteiger partial charge in [0.2, 0.25) is 0 Å². The van der Waals surface area contributed by atoms with Crippen LogP contribution in [0.2, 0.25) is 5.02 Å². The number of rotatable bonds is 4. The van der Waals surface area contributed by atoms with E-state index in [1.807, 2.05) is 32.0 Å². The Morgan fingerprint density at radius 2 is 2.06 bits per heavy atom. The van der Waals surface area contributed by atoms with E-state index in [0.717, 1.165) is 5.56 Å². The summed E-state index contributed by atoms with van der Waals surface area (Å²) >= 11 is 6.10. The minimum Gasteiger partial charge on any atom is -0.337 e. The Hall–Kier alpha value is -1.26. The molecule has 0 saturated carbocycles. The molecule has 1 rings (SSSR count). The number of amides is 2. The molecule has 17 heavy (non-hydrogen) atoms. The van der Waals surface area contributed by atoms with Crippen molar-refractivity contribution >= 4 is 17.6 Å². The number of halogens is 1. The summed E-state index contributed by atoms with van der Waals surface area (Å²) in [5, 5.41) is 6.15. The lowest BCUT2D eigenvalue weighted by Gasteiger charge is -2.27. The zero-order chi connectivity index (χ0) is 12.9. The topological polar surface area (TPSA) is 67.2 Å². The fraction of sp³-hybridized carbons (Fsp3) is 0.417. The standard InChI is InChI=1S/C12H18ClN3O/c1-12(2,16-11(17)15-8-7-14)9-5-3-4-6-10(9)13/h3-6H,7-8,14H2,1-2H3,(H2,15,16,17). The van der Waals surface area contributed by atoms with Crippen LogP contribution in [0.5, 0.6) is 0 Å². The Kier molecular flexibility index (Phi) is 4.78. The summed E-state index contributed by atoms with van der Waals surface area (Å²) < 4.78 is 0. The van der Waals surface area contributed by atoms with Crippen LogP contribution in [0, 0.1) is 0 Å². The molecule has 0 unspecified atom stereocenters. The van der Waals surface area contributed by atoms with Crippen LogP contribution in [-0.4, -0.2) is 19.1 Å². The summed E-state index contributed by atoms with van der Waals surface area (Å²) in [5.74, 6) is 0. The Morgan fingerprint density at radius 3 is 2.65 bits per heavy atom. The van der Waals surface area contributed by atoms with Crippen LogP contribution in [0.4, 0.5) is 4.79 Å². The van der Waals surface area contributed by atoms with Gasteiger partial charge in [-0.3, -0.25) is 0 Å². The first kappa shape index (κ1) is 13.8. The van der Waals surface area contributed by atoms with E-state index in [1.54, 1.807) is 6.07 Å². The lowest BCUT2D eigenvalue weighted by molar-refractivity contribution is 0.230. The van der Waals surface area contributed by atoms with Gasteiger partial charge >= 0.3 is 6.03 Å². The summed E-state index contributed by atoms with van der Waals surface area (Å²) in [6.07, 6.45) is 0. The zero-order valence-corrected chi connectivity index (χ0v) is 10.8. The summed E-state index contributed by atoms with van der Waals surface area (Å²) in [5.41, 5.74) is 5.66. The number of urea groups is 1. The van der Waals surface area contributed by atoms with Gasteiger partial charge < -0.3 is 16.4 Å². The molecule has 0 spiro atoms. The van der Waals surface area contributed by atoms with E-state index in [4.69, 9.17) is 17.3 Å². The van der Waals surface area contributed by atoms with Crippen molar-refractivity contribution in [1.29, 1.82) is 0 Å². The van der Waals surface area contributed by atoms with Gasteiger partial charge in [0.25, 0.3) is 0 Å². The first-order valence-corrected chi connectivity index (χ1v) is 5.86. The van der Waals surface area contributed by atoms with Crippen molar-refractivity contribution in [2.75, 3.05) is 13.1 Å². The third-order valence-corrected chi connectivity index (χ3v) is 2.73. The summed E-state index contributed by atoms with van der Waals surface area (Å²) in [6, 6.07) is 7.20. The molecule has 1 aromatic carbocycles. The first-order chi connectivity index (χ1) is 7.97. The van der Waals surface area contributed by atoms with Crippen molar-refractivity contribution in [3.8, 4) is 0 Å². The zero-order valence-electron chi connectivity index (χ0n) is 10.1. The molecule has 0 radical (unpaired) electrons. The maximum absolute atomic E-state index is 11.6. The van der Waals surface area contributed by atoms with Gasteiger partial charge in [-0.25, -0.2) is 4.79 Å². The Morgan fingerprint density at radius 1 is 1.41 bits per heavy atom. The van der Waals surface area contributed by atoms with Gasteiger partial charge in [-0.1, -0.05) is 29.8 Å². The van der Waals surface area contributed by atoms with Gasteiger partial charge in [-0.05, 0) is 25.5 Å². The van der Waals surface area contributed by atoms with E-state index in [0.29, 0.717) is 18.1 Å². The van der Waals surface area contributed by atoms with Crippen molar-refractivity contribution in [2.24, 2.45) is 5.73 Å². The van der Waals surface area contributed by atoms with Gasteiger partial charge in [0, 0.05) is 18.1 Å². The van der Waals surface area contributed by atoms with E-state index >= 15 is 0 Å². The number of nitrogens with one attached hydrogen (secondary N) is 2. The summed E-state index contributed by atoms with van der Waals surface area (Å²) in [7, 11) is 0. The van der Waals surface area contributed by atoms with Crippen LogP contribution in [-0.2, 0) is 5.54 Å². The van der Waals surface area contributed by atoms with Crippen molar-refractivity contribution < 1.29 is 4.79 Å². The predicted molar refractivity (Wildman–Crippen MR) is 70.1 cm³/mol. The second-order valence-corrected chi connectivity index (χ2v) is 4.68. The number of nitrogens with two attached hydrogens (primary N) is 1. The molecule has 2 amide bonds. The van der Waals surface area contributed by atoms with Crippen LogP contribution in [0.1, 0.15) is 19.4 Å². The molecular formula is C12H18ClN3O. The second kappa shape index (κ2) is 5.89. The molecule has 0 aliphatic rings. The number of benzene rings is 1. The van der Waals surface area contributed by atoms with Gasteiger partial charge in [0.05, 0.1) is 5.54 Å². The minimum atomic E-state index is -0.531. The van der Waals surface area contributed by atoms with Crippen LogP contribution in [0.15, 0.2) is 24.3 Å². The van der Waals surface area contributed by atoms with Gasteiger partial charge in [-0.15, -0.1) is 0 Å². The molecule has 0 bridgehead atoms. The average Bonchev–Trinajstić information content (AvgIpc) is 2.26. The highest BCUT2D eigenvalue weighted by molar-refractivity contribution is 6.31. The van der Waals surface area contributed by atoms with Crippen molar-refractivity contribution in [2.45, 2.75) is 19.4 Å². The van der Waals surface area contributed by atoms with Gasteiger partial charge in [0.1, 0.15) is 0 Å². The first-order valence-electron chi connectivity index (χ1n) is 5.48. The van der Waals surface area contributed by atoms with E-state index < -0.39 is 5.54 Å². The van der Waals surface area contributed by atoms with Crippen LogP contribution < -0.4 is 16.4 Å². The highest BCUT2D eigenvalue weighted by atomic mass is 35.5. The molecule has 0 aliphatic heterocycles. The van der Waals surface area contributed by atoms with Gasteiger partial charge in [-0.2, -0.15) is 0 Å². The van der Waals surface area contributed by atoms with Crippen LogP contribution in [0.3, 0.4) is 0 Å². The molecule has 5 heteroatoms. The Bertz CT molecular complexity index is 393. The maximum Gasteiger partial charge on any atom is 0.315 e. The third-order valence-electron chi connectivity index (χ3n) is 2.40. The molecule has 94 valence electrons. The molecule has 4 N–H and O–H groups in total. The molecule has 1 aromatic rings. The maximum atomic E-state index is 11.6. The number of hydrogen-bond acceptors (Lipinski definition) is 2. The molecule has 4 nitrogen and oxygen atoms in total. The quantitative estimate of drug-likeness (QED) is 0.769. The van der Waals surface area contributed by atoms with E-state index in [-0.39, 0.29) is 6.03 Å². The van der Waals surface area contributed by atoms with Crippen molar-refractivity contribution in [1.82, 2.24) is 10.6 Å². The lowest BCUT2D eigenvalue weighted by atomic mass is 9.94. The van der Waals surface area contributed by atoms with E-state index in [9.17, 15) is 4.79 Å². The number of hydrogen-bond donors (Lipinski definition) is 3. The predicted octanol–water partition coefficient (Wildman–Crippen LogP) is 1.83. The summed E-state index contributed by atoms with van der Waals surface area (Å²) in [6.45, 7) is 4.66. The highest BCUT2D eigenvalue weighted by Gasteiger charge is 2.24. The van der Waals surface area contributed by atoms with Crippen molar-refractivity contribution in [3.05, 3.63) is 34.9 Å². The largest absolute Gasteiger partial charge is 0.337 e. The highest BCUT2D eigenvalue weighted by Crippen LogP contribution is 2.27. The minimum absolute atomic E-state index is 0.250. The second-order valence-electron chi connectivity index (χ2n) is 4.27. The average molecular weight is 256 g/mol. The Labute approximate surface area is 107 Å².